The van der Waals surface area contributed by atoms with Crippen molar-refractivity contribution in [3.05, 3.63) is 82.9 Å². The third kappa shape index (κ3) is 9.39. The lowest BCUT2D eigenvalue weighted by Gasteiger charge is -2.15. The minimum atomic E-state index is 0.918. The van der Waals surface area contributed by atoms with Crippen LogP contribution >= 0.6 is 0 Å². The number of rotatable bonds is 15. The van der Waals surface area contributed by atoms with E-state index in [1.54, 1.807) is 5.56 Å². The van der Waals surface area contributed by atoms with Crippen molar-refractivity contribution in [1.82, 2.24) is 0 Å². The highest BCUT2D eigenvalue weighted by atomic mass is 14.8. The van der Waals surface area contributed by atoms with Gasteiger partial charge in [-0.05, 0) is 104 Å². The average molecular weight is 509 g/mol. The summed E-state index contributed by atoms with van der Waals surface area (Å²) in [6.45, 7) is 11.0. The molecular weight excluding hydrogens is 460 g/mol. The lowest BCUT2D eigenvalue weighted by atomic mass is 9.91. The van der Waals surface area contributed by atoms with E-state index in [1.165, 1.54) is 79.2 Å². The van der Waals surface area contributed by atoms with Crippen LogP contribution < -0.4 is 0 Å². The Labute approximate surface area is 232 Å². The first-order valence-corrected chi connectivity index (χ1v) is 14.9. The third-order valence-electron chi connectivity index (χ3n) is 7.25. The summed E-state index contributed by atoms with van der Waals surface area (Å²) in [6, 6.07) is 21.7. The third-order valence-corrected chi connectivity index (χ3v) is 7.25. The summed E-state index contributed by atoms with van der Waals surface area (Å²) in [5, 5.41) is 0. The number of hydrogen-bond donors (Lipinski definition) is 0. The van der Waals surface area contributed by atoms with E-state index in [9.17, 15) is 0 Å². The first-order valence-electron chi connectivity index (χ1n) is 14.9. The molecule has 0 aliphatic rings. The van der Waals surface area contributed by atoms with Gasteiger partial charge in [0.25, 0.3) is 0 Å². The summed E-state index contributed by atoms with van der Waals surface area (Å²) >= 11 is 0. The van der Waals surface area contributed by atoms with Gasteiger partial charge < -0.3 is 0 Å². The van der Waals surface area contributed by atoms with E-state index in [0.717, 1.165) is 36.3 Å². The van der Waals surface area contributed by atoms with Gasteiger partial charge in [0.15, 0.2) is 0 Å². The Kier molecular flexibility index (Phi) is 12.5. The minimum absolute atomic E-state index is 0.918. The van der Waals surface area contributed by atoms with Crippen LogP contribution in [0.1, 0.15) is 101 Å². The summed E-state index contributed by atoms with van der Waals surface area (Å²) in [7, 11) is 0. The Morgan fingerprint density at radius 2 is 1.34 bits per heavy atom. The molecule has 0 heterocycles. The molecule has 0 spiro atoms. The van der Waals surface area contributed by atoms with Crippen molar-refractivity contribution >= 4 is 23.3 Å². The fourth-order valence-corrected chi connectivity index (χ4v) is 5.24. The summed E-state index contributed by atoms with van der Waals surface area (Å²) < 4.78 is 0. The van der Waals surface area contributed by atoms with Gasteiger partial charge in [-0.1, -0.05) is 95.7 Å². The van der Waals surface area contributed by atoms with Gasteiger partial charge >= 0.3 is 0 Å². The largest absolute Gasteiger partial charge is 0.255 e. The van der Waals surface area contributed by atoms with Crippen LogP contribution in [-0.4, -0.2) is 11.9 Å². The molecule has 0 fully saturated rings. The standard InChI is InChI=1S/C36H48N2/c1-6-9-11-12-13-15-21-32-25-34(24-31(18-10-7-2)36(32)8-3)37-27-29(5)38-35-23-28(4)22-33(26-35)30-19-16-14-17-20-30/h14,16-17,19-20,22-27H,6-13,15,18,21H2,1-5H3. The van der Waals surface area contributed by atoms with Crippen LogP contribution in [0.4, 0.5) is 11.4 Å². The molecule has 2 nitrogen and oxygen atoms in total. The summed E-state index contributed by atoms with van der Waals surface area (Å²) in [6.07, 6.45) is 15.8. The van der Waals surface area contributed by atoms with E-state index in [0.29, 0.717) is 0 Å². The highest BCUT2D eigenvalue weighted by molar-refractivity contribution is 6.30. The molecule has 3 rings (SSSR count). The van der Waals surface area contributed by atoms with Crippen molar-refractivity contribution in [2.45, 2.75) is 105 Å². The molecule has 0 saturated carbocycles. The summed E-state index contributed by atoms with van der Waals surface area (Å²) in [4.78, 5) is 9.82. The van der Waals surface area contributed by atoms with Gasteiger partial charge in [0.05, 0.1) is 17.1 Å². The Morgan fingerprint density at radius 3 is 2.03 bits per heavy atom. The smallest absolute Gasteiger partial charge is 0.0642 e. The molecule has 3 aromatic rings. The topological polar surface area (TPSA) is 24.7 Å². The monoisotopic (exact) mass is 508 g/mol. The van der Waals surface area contributed by atoms with Gasteiger partial charge in [-0.2, -0.15) is 0 Å². The van der Waals surface area contributed by atoms with Crippen molar-refractivity contribution in [2.75, 3.05) is 0 Å². The second-order valence-electron chi connectivity index (χ2n) is 10.7. The van der Waals surface area contributed by atoms with E-state index in [-0.39, 0.29) is 0 Å². The second-order valence-corrected chi connectivity index (χ2v) is 10.7. The van der Waals surface area contributed by atoms with E-state index in [1.807, 2.05) is 13.1 Å². The minimum Gasteiger partial charge on any atom is -0.255 e. The van der Waals surface area contributed by atoms with Crippen molar-refractivity contribution in [3.63, 3.8) is 0 Å². The maximum absolute atomic E-state index is 4.92. The average Bonchev–Trinajstić information content (AvgIpc) is 2.92. The number of benzene rings is 3. The molecule has 3 aromatic carbocycles. The highest BCUT2D eigenvalue weighted by Crippen LogP contribution is 2.28. The van der Waals surface area contributed by atoms with Crippen LogP contribution in [0.5, 0.6) is 0 Å². The zero-order valence-corrected chi connectivity index (χ0v) is 24.5. The molecule has 0 aliphatic carbocycles. The second kappa shape index (κ2) is 16.1. The molecule has 38 heavy (non-hydrogen) atoms. The maximum atomic E-state index is 4.92. The Morgan fingerprint density at radius 1 is 0.684 bits per heavy atom. The Bertz CT molecular complexity index is 1190. The van der Waals surface area contributed by atoms with E-state index in [2.05, 4.69) is 88.4 Å². The van der Waals surface area contributed by atoms with Gasteiger partial charge in [0.2, 0.25) is 0 Å². The van der Waals surface area contributed by atoms with E-state index in [4.69, 9.17) is 9.98 Å². The normalized spacial score (nSPS) is 12.0. The number of aliphatic imine (C=N–C) groups is 2. The van der Waals surface area contributed by atoms with Crippen LogP contribution in [-0.2, 0) is 19.3 Å². The van der Waals surface area contributed by atoms with Gasteiger partial charge in [-0.25, -0.2) is 0 Å². The first-order chi connectivity index (χ1) is 18.5. The number of unbranched alkanes of at least 4 members (excludes halogenated alkanes) is 6. The Balaban J connectivity index is 1.81. The van der Waals surface area contributed by atoms with Gasteiger partial charge in [0, 0.05) is 6.21 Å². The molecular formula is C36H48N2. The molecule has 0 bridgehead atoms. The molecule has 202 valence electrons. The Hall–Kier alpha value is -3.00. The van der Waals surface area contributed by atoms with E-state index >= 15 is 0 Å². The molecule has 0 atom stereocenters. The van der Waals surface area contributed by atoms with Gasteiger partial charge in [-0.15, -0.1) is 0 Å². The predicted molar refractivity (Wildman–Crippen MR) is 169 cm³/mol. The number of aryl methyl sites for hydroxylation is 3. The number of nitrogens with zero attached hydrogens (tertiary/aromatic N) is 2. The van der Waals surface area contributed by atoms with Crippen molar-refractivity contribution in [1.29, 1.82) is 0 Å². The van der Waals surface area contributed by atoms with Crippen LogP contribution in [0.25, 0.3) is 11.1 Å². The SMILES string of the molecule is CCCCCCCCc1cc(N=CC(C)=Nc2cc(C)cc(-c3ccccc3)c2)cc(CCCC)c1CC. The quantitative estimate of drug-likeness (QED) is 0.144. The lowest BCUT2D eigenvalue weighted by molar-refractivity contribution is 0.606. The zero-order valence-electron chi connectivity index (χ0n) is 24.5. The van der Waals surface area contributed by atoms with Crippen LogP contribution in [0.2, 0.25) is 0 Å². The molecule has 0 aromatic heterocycles. The van der Waals surface area contributed by atoms with Crippen LogP contribution in [0.3, 0.4) is 0 Å². The zero-order chi connectivity index (χ0) is 27.2. The molecule has 0 aliphatic heterocycles. The van der Waals surface area contributed by atoms with Gasteiger partial charge in [0.1, 0.15) is 0 Å². The van der Waals surface area contributed by atoms with Gasteiger partial charge in [-0.3, -0.25) is 9.98 Å². The molecule has 0 radical (unpaired) electrons. The maximum Gasteiger partial charge on any atom is 0.0642 e. The van der Waals surface area contributed by atoms with Crippen molar-refractivity contribution in [2.24, 2.45) is 9.98 Å². The number of hydrogen-bond acceptors (Lipinski definition) is 2. The van der Waals surface area contributed by atoms with Crippen molar-refractivity contribution < 1.29 is 0 Å². The van der Waals surface area contributed by atoms with Crippen LogP contribution in [0, 0.1) is 6.92 Å². The fraction of sp³-hybridized carbons (Fsp3) is 0.444. The van der Waals surface area contributed by atoms with E-state index < -0.39 is 0 Å². The van der Waals surface area contributed by atoms with Crippen LogP contribution in [0.15, 0.2) is 70.6 Å². The molecule has 0 amide bonds. The lowest BCUT2D eigenvalue weighted by Crippen LogP contribution is -2.01. The summed E-state index contributed by atoms with van der Waals surface area (Å²) in [5.74, 6) is 0. The summed E-state index contributed by atoms with van der Waals surface area (Å²) in [5.41, 5.74) is 11.1. The molecule has 0 saturated heterocycles. The first kappa shape index (κ1) is 29.6. The fourth-order valence-electron chi connectivity index (χ4n) is 5.24. The van der Waals surface area contributed by atoms with Crippen molar-refractivity contribution in [3.8, 4) is 11.1 Å². The molecule has 0 unspecified atom stereocenters. The molecule has 2 heteroatoms. The molecule has 0 N–H and O–H groups in total. The highest BCUT2D eigenvalue weighted by Gasteiger charge is 2.10. The predicted octanol–water partition coefficient (Wildman–Crippen LogP) is 11.0.